The van der Waals surface area contributed by atoms with Crippen LogP contribution >= 0.6 is 0 Å². The van der Waals surface area contributed by atoms with Crippen molar-refractivity contribution in [3.63, 3.8) is 0 Å². The molecule has 0 aliphatic carbocycles. The van der Waals surface area contributed by atoms with Gasteiger partial charge in [0.05, 0.1) is 11.6 Å². The number of carbonyl (C=O) groups is 1. The summed E-state index contributed by atoms with van der Waals surface area (Å²) >= 11 is 0. The van der Waals surface area contributed by atoms with Gasteiger partial charge >= 0.3 is 12.2 Å². The highest BCUT2D eigenvalue weighted by atomic mass is 19.4. The highest BCUT2D eigenvalue weighted by Crippen LogP contribution is 2.38. The number of amides is 2. The van der Waals surface area contributed by atoms with E-state index in [-0.39, 0.29) is 18.6 Å². The van der Waals surface area contributed by atoms with E-state index in [1.165, 1.54) is 12.1 Å². The van der Waals surface area contributed by atoms with Gasteiger partial charge < -0.3 is 19.7 Å². The molecule has 1 N–H and O–H groups in total. The van der Waals surface area contributed by atoms with Crippen LogP contribution in [0.5, 0.6) is 11.5 Å². The summed E-state index contributed by atoms with van der Waals surface area (Å²) in [7, 11) is 0. The van der Waals surface area contributed by atoms with Crippen LogP contribution in [0, 0.1) is 0 Å². The molecule has 8 heteroatoms. The minimum atomic E-state index is -4.37. The Labute approximate surface area is 166 Å². The maximum atomic E-state index is 12.7. The third-order valence-corrected chi connectivity index (χ3v) is 5.19. The zero-order valence-corrected chi connectivity index (χ0v) is 15.7. The first-order valence-electron chi connectivity index (χ1n) is 9.52. The van der Waals surface area contributed by atoms with Crippen LogP contribution in [0.2, 0.25) is 0 Å². The van der Waals surface area contributed by atoms with E-state index in [0.717, 1.165) is 30.5 Å². The van der Waals surface area contributed by atoms with Gasteiger partial charge in [0.2, 0.25) is 0 Å². The number of benzene rings is 2. The third kappa shape index (κ3) is 4.26. The first-order chi connectivity index (χ1) is 13.9. The van der Waals surface area contributed by atoms with E-state index in [1.54, 1.807) is 4.90 Å². The third-order valence-electron chi connectivity index (χ3n) is 5.19. The smallest absolute Gasteiger partial charge is 0.416 e. The Hall–Kier alpha value is -2.90. The molecule has 2 amide bonds. The van der Waals surface area contributed by atoms with E-state index in [0.29, 0.717) is 36.8 Å². The SMILES string of the molecule is O=C(NCc1ccc(C(F)(F)F)cc1)N1CCCC1c1ccc2c(c1)OCCO2. The normalized spacial score (nSPS) is 18.6. The summed E-state index contributed by atoms with van der Waals surface area (Å²) in [5.41, 5.74) is 0.892. The Morgan fingerprint density at radius 2 is 1.79 bits per heavy atom. The Morgan fingerprint density at radius 1 is 1.07 bits per heavy atom. The fourth-order valence-corrected chi connectivity index (χ4v) is 3.71. The van der Waals surface area contributed by atoms with Crippen LogP contribution in [0.15, 0.2) is 42.5 Å². The van der Waals surface area contributed by atoms with E-state index >= 15 is 0 Å². The number of rotatable bonds is 3. The molecule has 1 unspecified atom stereocenters. The lowest BCUT2D eigenvalue weighted by atomic mass is 10.0. The number of halogens is 3. The predicted octanol–water partition coefficient (Wildman–Crippen LogP) is 4.52. The second kappa shape index (κ2) is 7.85. The topological polar surface area (TPSA) is 50.8 Å². The average molecular weight is 406 g/mol. The Kier molecular flexibility index (Phi) is 5.25. The number of ether oxygens (including phenoxy) is 2. The van der Waals surface area contributed by atoms with Crippen LogP contribution in [0.1, 0.15) is 35.6 Å². The molecule has 2 aromatic rings. The summed E-state index contributed by atoms with van der Waals surface area (Å²) < 4.78 is 49.1. The minimum Gasteiger partial charge on any atom is -0.486 e. The van der Waals surface area contributed by atoms with Gasteiger partial charge in [-0.1, -0.05) is 18.2 Å². The number of carbonyl (C=O) groups excluding carboxylic acids is 1. The quantitative estimate of drug-likeness (QED) is 0.815. The van der Waals surface area contributed by atoms with Gasteiger partial charge in [-0.25, -0.2) is 4.79 Å². The molecule has 1 fully saturated rings. The van der Waals surface area contributed by atoms with E-state index in [9.17, 15) is 18.0 Å². The van der Waals surface area contributed by atoms with E-state index in [1.807, 2.05) is 18.2 Å². The van der Waals surface area contributed by atoms with Crippen LogP contribution in [0.25, 0.3) is 0 Å². The average Bonchev–Trinajstić information content (AvgIpc) is 3.21. The van der Waals surface area contributed by atoms with Crippen LogP contribution in [0.3, 0.4) is 0 Å². The Bertz CT molecular complexity index is 884. The van der Waals surface area contributed by atoms with Gasteiger partial charge in [0.1, 0.15) is 13.2 Å². The number of nitrogens with one attached hydrogen (secondary N) is 1. The van der Waals surface area contributed by atoms with Crippen molar-refractivity contribution in [2.24, 2.45) is 0 Å². The van der Waals surface area contributed by atoms with Gasteiger partial charge in [-0.2, -0.15) is 13.2 Å². The first-order valence-corrected chi connectivity index (χ1v) is 9.52. The number of hydrogen-bond acceptors (Lipinski definition) is 3. The zero-order valence-electron chi connectivity index (χ0n) is 15.7. The molecule has 2 aliphatic heterocycles. The number of hydrogen-bond donors (Lipinski definition) is 1. The van der Waals surface area contributed by atoms with E-state index in [2.05, 4.69) is 5.32 Å². The summed E-state index contributed by atoms with van der Waals surface area (Å²) in [5, 5.41) is 2.81. The molecule has 154 valence electrons. The zero-order chi connectivity index (χ0) is 20.4. The fourth-order valence-electron chi connectivity index (χ4n) is 3.71. The molecule has 29 heavy (non-hydrogen) atoms. The van der Waals surface area contributed by atoms with Crippen LogP contribution in [-0.4, -0.2) is 30.7 Å². The van der Waals surface area contributed by atoms with Crippen molar-refractivity contribution < 1.29 is 27.4 Å². The lowest BCUT2D eigenvalue weighted by Gasteiger charge is -2.27. The van der Waals surface area contributed by atoms with Crippen molar-refractivity contribution in [1.82, 2.24) is 10.2 Å². The molecule has 1 atom stereocenters. The predicted molar refractivity (Wildman–Crippen MR) is 99.8 cm³/mol. The molecule has 4 rings (SSSR count). The van der Waals surface area contributed by atoms with Gasteiger partial charge in [-0.15, -0.1) is 0 Å². The number of likely N-dealkylation sites (tertiary alicyclic amines) is 1. The van der Waals surface area contributed by atoms with Crippen molar-refractivity contribution in [2.45, 2.75) is 31.6 Å². The van der Waals surface area contributed by atoms with Crippen molar-refractivity contribution in [3.05, 3.63) is 59.2 Å². The lowest BCUT2D eigenvalue weighted by molar-refractivity contribution is -0.137. The molecule has 0 spiro atoms. The van der Waals surface area contributed by atoms with Crippen molar-refractivity contribution in [1.29, 1.82) is 0 Å². The van der Waals surface area contributed by atoms with Crippen molar-refractivity contribution in [2.75, 3.05) is 19.8 Å². The van der Waals surface area contributed by atoms with Crippen LogP contribution in [-0.2, 0) is 12.7 Å². The molecule has 0 saturated carbocycles. The molecule has 5 nitrogen and oxygen atoms in total. The van der Waals surface area contributed by atoms with Gasteiger partial charge in [0, 0.05) is 13.1 Å². The maximum Gasteiger partial charge on any atom is 0.416 e. The number of urea groups is 1. The molecular formula is C21H21F3N2O3. The largest absolute Gasteiger partial charge is 0.486 e. The molecule has 2 aliphatic rings. The second-order valence-corrected chi connectivity index (χ2v) is 7.11. The van der Waals surface area contributed by atoms with Crippen molar-refractivity contribution in [3.8, 4) is 11.5 Å². The highest BCUT2D eigenvalue weighted by Gasteiger charge is 2.31. The fraction of sp³-hybridized carbons (Fsp3) is 0.381. The van der Waals surface area contributed by atoms with Gasteiger partial charge in [0.25, 0.3) is 0 Å². The monoisotopic (exact) mass is 406 g/mol. The van der Waals surface area contributed by atoms with Gasteiger partial charge in [-0.05, 0) is 48.2 Å². The van der Waals surface area contributed by atoms with E-state index in [4.69, 9.17) is 9.47 Å². The maximum absolute atomic E-state index is 12.7. The van der Waals surface area contributed by atoms with Gasteiger partial charge in [-0.3, -0.25) is 0 Å². The molecule has 2 aromatic carbocycles. The second-order valence-electron chi connectivity index (χ2n) is 7.11. The summed E-state index contributed by atoms with van der Waals surface area (Å²) in [6.07, 6.45) is -2.64. The Balaban J connectivity index is 1.40. The molecule has 0 aromatic heterocycles. The standard InChI is InChI=1S/C21H21F3N2O3/c22-21(23,24)16-6-3-14(4-7-16)13-25-20(27)26-9-1-2-17(26)15-5-8-18-19(12-15)29-11-10-28-18/h3-8,12,17H,1-2,9-11,13H2,(H,25,27). The molecule has 1 saturated heterocycles. The minimum absolute atomic E-state index is 0.0709. The summed E-state index contributed by atoms with van der Waals surface area (Å²) in [5.74, 6) is 1.39. The highest BCUT2D eigenvalue weighted by molar-refractivity contribution is 5.75. The number of nitrogens with zero attached hydrogens (tertiary/aromatic N) is 1. The summed E-state index contributed by atoms with van der Waals surface area (Å²) in [6, 6.07) is 10.2. The summed E-state index contributed by atoms with van der Waals surface area (Å²) in [6.45, 7) is 1.81. The number of alkyl halides is 3. The molecular weight excluding hydrogens is 385 g/mol. The number of fused-ring (bicyclic) bond motifs is 1. The molecule has 0 radical (unpaired) electrons. The van der Waals surface area contributed by atoms with Gasteiger partial charge in [0.15, 0.2) is 11.5 Å². The van der Waals surface area contributed by atoms with Crippen molar-refractivity contribution >= 4 is 6.03 Å². The van der Waals surface area contributed by atoms with Crippen LogP contribution < -0.4 is 14.8 Å². The molecule has 2 heterocycles. The Morgan fingerprint density at radius 3 is 2.52 bits per heavy atom. The first kappa shape index (κ1) is 19.4. The van der Waals surface area contributed by atoms with E-state index < -0.39 is 11.7 Å². The summed E-state index contributed by atoms with van der Waals surface area (Å²) in [4.78, 5) is 14.5. The van der Waals surface area contributed by atoms with Crippen LogP contribution in [0.4, 0.5) is 18.0 Å². The lowest BCUT2D eigenvalue weighted by Crippen LogP contribution is -2.39. The molecule has 0 bridgehead atoms.